The average Bonchev–Trinajstić information content (AvgIpc) is 2.35. The van der Waals surface area contributed by atoms with Crippen LogP contribution in [-0.2, 0) is 6.42 Å². The van der Waals surface area contributed by atoms with Gasteiger partial charge in [-0.2, -0.15) is 0 Å². The Bertz CT molecular complexity index is 388. The zero-order chi connectivity index (χ0) is 13.0. The summed E-state index contributed by atoms with van der Waals surface area (Å²) in [5.41, 5.74) is 1.30. The number of hydrogen-bond donors (Lipinski definition) is 1. The van der Waals surface area contributed by atoms with E-state index in [4.69, 9.17) is 9.47 Å². The summed E-state index contributed by atoms with van der Waals surface area (Å²) in [4.78, 5) is 0. The van der Waals surface area contributed by atoms with Gasteiger partial charge < -0.3 is 14.8 Å². The summed E-state index contributed by atoms with van der Waals surface area (Å²) in [6.07, 6.45) is 5.16. The van der Waals surface area contributed by atoms with E-state index in [-0.39, 0.29) is 0 Å². The molecule has 0 saturated heterocycles. The van der Waals surface area contributed by atoms with Crippen molar-refractivity contribution in [3.8, 4) is 11.5 Å². The number of hydrogen-bond acceptors (Lipinski definition) is 3. The second-order valence-electron chi connectivity index (χ2n) is 4.98. The van der Waals surface area contributed by atoms with Gasteiger partial charge in [0.25, 0.3) is 0 Å². The molecule has 1 atom stereocenters. The molecule has 0 aliphatic heterocycles. The average molecular weight is 249 g/mol. The Hall–Kier alpha value is -1.22. The Labute approximate surface area is 109 Å². The third-order valence-corrected chi connectivity index (χ3v) is 3.99. The summed E-state index contributed by atoms with van der Waals surface area (Å²) < 4.78 is 10.6. The van der Waals surface area contributed by atoms with Crippen LogP contribution in [0.3, 0.4) is 0 Å². The summed E-state index contributed by atoms with van der Waals surface area (Å²) >= 11 is 0. The van der Waals surface area contributed by atoms with Gasteiger partial charge in [-0.25, -0.2) is 0 Å². The molecule has 0 heterocycles. The van der Waals surface area contributed by atoms with Gasteiger partial charge in [0.05, 0.1) is 14.2 Å². The minimum Gasteiger partial charge on any atom is -0.493 e. The van der Waals surface area contributed by atoms with Crippen molar-refractivity contribution in [2.24, 2.45) is 5.92 Å². The van der Waals surface area contributed by atoms with Crippen molar-refractivity contribution in [2.45, 2.75) is 31.7 Å². The minimum absolute atomic E-state index is 0.580. The van der Waals surface area contributed by atoms with Gasteiger partial charge in [0.1, 0.15) is 0 Å². The van der Waals surface area contributed by atoms with Crippen LogP contribution in [0.5, 0.6) is 11.5 Å². The van der Waals surface area contributed by atoms with Crippen LogP contribution >= 0.6 is 0 Å². The third kappa shape index (κ3) is 2.78. The lowest BCUT2D eigenvalue weighted by atomic mass is 9.77. The van der Waals surface area contributed by atoms with E-state index in [1.54, 1.807) is 14.2 Å². The van der Waals surface area contributed by atoms with Gasteiger partial charge in [-0.05, 0) is 49.9 Å². The number of ether oxygens (including phenoxy) is 2. The molecule has 1 fully saturated rings. The first-order valence-electron chi connectivity index (χ1n) is 6.66. The Kier molecular flexibility index (Phi) is 4.48. The fraction of sp³-hybridized carbons (Fsp3) is 0.600. The Morgan fingerprint density at radius 3 is 2.44 bits per heavy atom. The lowest BCUT2D eigenvalue weighted by molar-refractivity contribution is 0.235. The number of likely N-dealkylation sites (N-methyl/N-ethyl adjacent to an activating group) is 1. The lowest BCUT2D eigenvalue weighted by Crippen LogP contribution is -2.39. The molecule has 100 valence electrons. The molecule has 0 spiro atoms. The highest BCUT2D eigenvalue weighted by atomic mass is 16.5. The van der Waals surface area contributed by atoms with Crippen molar-refractivity contribution in [3.05, 3.63) is 23.8 Å². The molecule has 0 aromatic heterocycles. The maximum Gasteiger partial charge on any atom is 0.160 e. The quantitative estimate of drug-likeness (QED) is 0.840. The van der Waals surface area contributed by atoms with E-state index < -0.39 is 0 Å². The molecule has 0 amide bonds. The Morgan fingerprint density at radius 1 is 1.22 bits per heavy atom. The second-order valence-corrected chi connectivity index (χ2v) is 4.98. The van der Waals surface area contributed by atoms with Crippen LogP contribution in [0.15, 0.2) is 18.2 Å². The summed E-state index contributed by atoms with van der Waals surface area (Å²) in [6, 6.07) is 6.78. The van der Waals surface area contributed by atoms with E-state index in [9.17, 15) is 0 Å². The number of methoxy groups -OCH3 is 2. The van der Waals surface area contributed by atoms with Crippen LogP contribution < -0.4 is 14.8 Å². The zero-order valence-electron chi connectivity index (χ0n) is 11.5. The molecule has 1 saturated carbocycles. The van der Waals surface area contributed by atoms with Gasteiger partial charge in [-0.3, -0.25) is 0 Å². The molecule has 2 rings (SSSR count). The minimum atomic E-state index is 0.580. The highest BCUT2D eigenvalue weighted by molar-refractivity contribution is 5.43. The van der Waals surface area contributed by atoms with Gasteiger partial charge >= 0.3 is 0 Å². The number of rotatable bonds is 6. The van der Waals surface area contributed by atoms with Crippen molar-refractivity contribution in [1.82, 2.24) is 5.32 Å². The second kappa shape index (κ2) is 6.10. The highest BCUT2D eigenvalue weighted by Gasteiger charge is 2.26. The molecule has 3 nitrogen and oxygen atoms in total. The summed E-state index contributed by atoms with van der Waals surface area (Å²) in [6.45, 7) is 0. The standard InChI is InChI=1S/C15H23NO2/c1-16-13(12-5-4-6-12)9-11-7-8-14(17-2)15(10-11)18-3/h7-8,10,12-13,16H,4-6,9H2,1-3H3. The molecule has 1 aromatic rings. The maximum absolute atomic E-state index is 5.35. The molecular weight excluding hydrogens is 226 g/mol. The molecular formula is C15H23NO2. The third-order valence-electron chi connectivity index (χ3n) is 3.99. The molecule has 1 aliphatic carbocycles. The van der Waals surface area contributed by atoms with E-state index in [0.29, 0.717) is 6.04 Å². The van der Waals surface area contributed by atoms with Gasteiger partial charge in [0.2, 0.25) is 0 Å². The largest absolute Gasteiger partial charge is 0.493 e. The molecule has 1 unspecified atom stereocenters. The maximum atomic E-state index is 5.35. The monoisotopic (exact) mass is 249 g/mol. The summed E-state index contributed by atoms with van der Waals surface area (Å²) in [5.74, 6) is 2.45. The molecule has 1 aliphatic rings. The van der Waals surface area contributed by atoms with Crippen LogP contribution in [-0.4, -0.2) is 27.3 Å². The molecule has 0 radical (unpaired) electrons. The normalized spacial score (nSPS) is 17.1. The highest BCUT2D eigenvalue weighted by Crippen LogP contribution is 2.33. The topological polar surface area (TPSA) is 30.5 Å². The smallest absolute Gasteiger partial charge is 0.160 e. The van der Waals surface area contributed by atoms with E-state index in [1.807, 2.05) is 6.07 Å². The van der Waals surface area contributed by atoms with Gasteiger partial charge in [0, 0.05) is 6.04 Å². The van der Waals surface area contributed by atoms with Crippen LogP contribution in [0.4, 0.5) is 0 Å². The van der Waals surface area contributed by atoms with E-state index in [1.165, 1.54) is 24.8 Å². The van der Waals surface area contributed by atoms with Gasteiger partial charge in [-0.1, -0.05) is 12.5 Å². The predicted octanol–water partition coefficient (Wildman–Crippen LogP) is 2.63. The number of nitrogens with one attached hydrogen (secondary N) is 1. The van der Waals surface area contributed by atoms with Gasteiger partial charge in [-0.15, -0.1) is 0 Å². The summed E-state index contributed by atoms with van der Waals surface area (Å²) in [5, 5.41) is 3.45. The van der Waals surface area contributed by atoms with Crippen LogP contribution in [0.1, 0.15) is 24.8 Å². The van der Waals surface area contributed by atoms with E-state index in [0.717, 1.165) is 23.8 Å². The van der Waals surface area contributed by atoms with E-state index in [2.05, 4.69) is 24.5 Å². The van der Waals surface area contributed by atoms with Crippen LogP contribution in [0.2, 0.25) is 0 Å². The molecule has 0 bridgehead atoms. The summed E-state index contributed by atoms with van der Waals surface area (Å²) in [7, 11) is 5.41. The van der Waals surface area contributed by atoms with Crippen LogP contribution in [0, 0.1) is 5.92 Å². The number of benzene rings is 1. The van der Waals surface area contributed by atoms with Crippen molar-refractivity contribution >= 4 is 0 Å². The van der Waals surface area contributed by atoms with Gasteiger partial charge in [0.15, 0.2) is 11.5 Å². The molecule has 18 heavy (non-hydrogen) atoms. The zero-order valence-corrected chi connectivity index (χ0v) is 11.5. The van der Waals surface area contributed by atoms with E-state index >= 15 is 0 Å². The Morgan fingerprint density at radius 2 is 1.94 bits per heavy atom. The first kappa shape index (κ1) is 13.2. The van der Waals surface area contributed by atoms with Crippen molar-refractivity contribution < 1.29 is 9.47 Å². The Balaban J connectivity index is 2.07. The SMILES string of the molecule is CNC(Cc1ccc(OC)c(OC)c1)C1CCC1. The molecule has 3 heteroatoms. The first-order valence-corrected chi connectivity index (χ1v) is 6.66. The molecule has 1 N–H and O–H groups in total. The molecule has 1 aromatic carbocycles. The fourth-order valence-corrected chi connectivity index (χ4v) is 2.61. The predicted molar refractivity (Wildman–Crippen MR) is 73.4 cm³/mol. The van der Waals surface area contributed by atoms with Crippen molar-refractivity contribution in [2.75, 3.05) is 21.3 Å². The van der Waals surface area contributed by atoms with Crippen molar-refractivity contribution in [1.29, 1.82) is 0 Å². The lowest BCUT2D eigenvalue weighted by Gasteiger charge is -2.33. The fourth-order valence-electron chi connectivity index (χ4n) is 2.61. The first-order chi connectivity index (χ1) is 8.78. The van der Waals surface area contributed by atoms with Crippen LogP contribution in [0.25, 0.3) is 0 Å². The van der Waals surface area contributed by atoms with Crippen molar-refractivity contribution in [3.63, 3.8) is 0 Å².